The summed E-state index contributed by atoms with van der Waals surface area (Å²) in [5.74, 6) is -0.0747. The summed E-state index contributed by atoms with van der Waals surface area (Å²) in [7, 11) is 0. The van der Waals surface area contributed by atoms with Gasteiger partial charge in [0.25, 0.3) is 0 Å². The first-order valence-electron chi connectivity index (χ1n) is 6.12. The van der Waals surface area contributed by atoms with Gasteiger partial charge in [-0.25, -0.2) is 10.9 Å². The van der Waals surface area contributed by atoms with Crippen molar-refractivity contribution >= 4 is 34.0 Å². The predicted octanol–water partition coefficient (Wildman–Crippen LogP) is 1.95. The average Bonchev–Trinajstić information content (AvgIpc) is 2.83. The Morgan fingerprint density at radius 2 is 1.95 bits per heavy atom. The Labute approximate surface area is 124 Å². The van der Waals surface area contributed by atoms with Crippen molar-refractivity contribution in [3.05, 3.63) is 22.6 Å². The average molecular weight is 346 g/mol. The zero-order valence-electron chi connectivity index (χ0n) is 10.8. The summed E-state index contributed by atoms with van der Waals surface area (Å²) < 4.78 is 5.76. The first kappa shape index (κ1) is 16.4. The summed E-state index contributed by atoms with van der Waals surface area (Å²) in [6.45, 7) is 0. The van der Waals surface area contributed by atoms with Crippen molar-refractivity contribution < 1.29 is 19.2 Å². The molecule has 1 heterocycles. The fourth-order valence-corrected chi connectivity index (χ4v) is 1.74. The minimum Gasteiger partial charge on any atom is -0.448 e. The number of unbranched alkanes of at least 4 members (excludes halogenated alkanes) is 2. The third kappa shape index (κ3) is 7.05. The molecule has 0 aliphatic carbocycles. The van der Waals surface area contributed by atoms with Crippen LogP contribution in [0.1, 0.15) is 37.9 Å². The molecule has 0 unspecified atom stereocenters. The van der Waals surface area contributed by atoms with Gasteiger partial charge >= 0.3 is 0 Å². The van der Waals surface area contributed by atoms with Gasteiger partial charge in [-0.15, -0.1) is 0 Å². The molecule has 110 valence electrons. The molecular weight excluding hydrogens is 330 g/mol. The lowest BCUT2D eigenvalue weighted by Crippen LogP contribution is -2.18. The summed E-state index contributed by atoms with van der Waals surface area (Å²) in [5, 5.41) is 12.0. The van der Waals surface area contributed by atoms with E-state index >= 15 is 0 Å². The lowest BCUT2D eigenvalue weighted by atomic mass is 10.1. The summed E-state index contributed by atoms with van der Waals surface area (Å²) in [6.07, 6.45) is 4.02. The van der Waals surface area contributed by atoms with E-state index in [0.717, 1.165) is 6.42 Å². The van der Waals surface area contributed by atoms with Crippen LogP contribution in [0.3, 0.4) is 0 Å². The molecule has 0 fully saturated rings. The van der Waals surface area contributed by atoms with Gasteiger partial charge in [0.15, 0.2) is 4.67 Å². The zero-order chi connectivity index (χ0) is 14.8. The van der Waals surface area contributed by atoms with Crippen LogP contribution in [0.25, 0.3) is 0 Å². The van der Waals surface area contributed by atoms with E-state index in [-0.39, 0.29) is 12.3 Å². The second-order valence-corrected chi connectivity index (χ2v) is 4.81. The monoisotopic (exact) mass is 345 g/mol. The second kappa shape index (κ2) is 9.27. The van der Waals surface area contributed by atoms with Crippen molar-refractivity contribution in [1.82, 2.24) is 10.9 Å². The van der Waals surface area contributed by atoms with Crippen molar-refractivity contribution in [3.63, 3.8) is 0 Å². The minimum absolute atomic E-state index is 0.196. The lowest BCUT2D eigenvalue weighted by molar-refractivity contribution is -0.129. The molecule has 0 spiro atoms. The molecule has 1 aromatic rings. The smallest absolute Gasteiger partial charge is 0.243 e. The van der Waals surface area contributed by atoms with E-state index in [1.807, 2.05) is 0 Å². The first-order chi connectivity index (χ1) is 9.61. The van der Waals surface area contributed by atoms with Gasteiger partial charge in [-0.3, -0.25) is 14.8 Å². The van der Waals surface area contributed by atoms with E-state index in [4.69, 9.17) is 9.62 Å². The Morgan fingerprint density at radius 3 is 2.55 bits per heavy atom. The zero-order valence-corrected chi connectivity index (χ0v) is 12.4. The highest BCUT2D eigenvalue weighted by atomic mass is 79.9. The van der Waals surface area contributed by atoms with E-state index in [2.05, 4.69) is 26.5 Å². The Morgan fingerprint density at radius 1 is 1.25 bits per heavy atom. The SMILES string of the molecule is O=C(CCCCCC(=O)N/N=C/c1ccc(Br)o1)NO. The van der Waals surface area contributed by atoms with E-state index in [1.54, 1.807) is 17.6 Å². The van der Waals surface area contributed by atoms with Crippen LogP contribution >= 0.6 is 15.9 Å². The number of carbonyl (C=O) groups excluding carboxylic acids is 2. The van der Waals surface area contributed by atoms with E-state index in [9.17, 15) is 9.59 Å². The lowest BCUT2D eigenvalue weighted by Gasteiger charge is -2.00. The normalized spacial score (nSPS) is 10.7. The third-order valence-corrected chi connectivity index (χ3v) is 2.83. The van der Waals surface area contributed by atoms with Gasteiger partial charge in [0.2, 0.25) is 11.8 Å². The molecule has 1 rings (SSSR count). The van der Waals surface area contributed by atoms with Gasteiger partial charge in [0, 0.05) is 12.8 Å². The number of hydrogen-bond donors (Lipinski definition) is 3. The molecule has 0 atom stereocenters. The Bertz CT molecular complexity index is 473. The summed E-state index contributed by atoms with van der Waals surface area (Å²) in [4.78, 5) is 22.1. The number of hydroxylamine groups is 1. The van der Waals surface area contributed by atoms with Gasteiger partial charge in [-0.2, -0.15) is 5.10 Å². The molecule has 0 aliphatic rings. The number of halogens is 1. The van der Waals surface area contributed by atoms with Gasteiger partial charge in [-0.05, 0) is 40.9 Å². The van der Waals surface area contributed by atoms with E-state index < -0.39 is 5.91 Å². The molecule has 0 aliphatic heterocycles. The van der Waals surface area contributed by atoms with Gasteiger partial charge < -0.3 is 4.42 Å². The Balaban J connectivity index is 2.08. The summed E-state index contributed by atoms with van der Waals surface area (Å²) >= 11 is 3.16. The molecule has 7 nitrogen and oxygen atoms in total. The van der Waals surface area contributed by atoms with Crippen molar-refractivity contribution in [2.75, 3.05) is 0 Å². The molecule has 0 aromatic carbocycles. The number of amides is 2. The molecule has 0 saturated heterocycles. The molecule has 3 N–H and O–H groups in total. The largest absolute Gasteiger partial charge is 0.448 e. The van der Waals surface area contributed by atoms with Gasteiger partial charge in [-0.1, -0.05) is 6.42 Å². The van der Waals surface area contributed by atoms with E-state index in [0.29, 0.717) is 29.7 Å². The fourth-order valence-electron chi connectivity index (χ4n) is 1.43. The number of nitrogens with one attached hydrogen (secondary N) is 2. The Kier molecular flexibility index (Phi) is 7.59. The molecule has 20 heavy (non-hydrogen) atoms. The van der Waals surface area contributed by atoms with Crippen molar-refractivity contribution in [1.29, 1.82) is 0 Å². The maximum Gasteiger partial charge on any atom is 0.243 e. The second-order valence-electron chi connectivity index (χ2n) is 4.03. The molecule has 1 aromatic heterocycles. The van der Waals surface area contributed by atoms with Crippen LogP contribution in [0.4, 0.5) is 0 Å². The summed E-state index contributed by atoms with van der Waals surface area (Å²) in [5.41, 5.74) is 3.95. The third-order valence-electron chi connectivity index (χ3n) is 2.41. The minimum atomic E-state index is -0.413. The number of hydrazone groups is 1. The maximum absolute atomic E-state index is 11.4. The van der Waals surface area contributed by atoms with Crippen LogP contribution in [0.15, 0.2) is 26.3 Å². The summed E-state index contributed by atoms with van der Waals surface area (Å²) in [6, 6.07) is 3.44. The first-order valence-corrected chi connectivity index (χ1v) is 6.91. The highest BCUT2D eigenvalue weighted by Gasteiger charge is 2.02. The van der Waals surface area contributed by atoms with Gasteiger partial charge in [0.1, 0.15) is 5.76 Å². The Hall–Kier alpha value is -1.67. The number of rotatable bonds is 8. The topological polar surface area (TPSA) is 104 Å². The molecule has 0 bridgehead atoms. The molecule has 0 radical (unpaired) electrons. The van der Waals surface area contributed by atoms with Crippen molar-refractivity contribution in [2.45, 2.75) is 32.1 Å². The van der Waals surface area contributed by atoms with Crippen LogP contribution in [-0.4, -0.2) is 23.2 Å². The molecule has 0 saturated carbocycles. The van der Waals surface area contributed by atoms with Crippen LogP contribution in [-0.2, 0) is 9.59 Å². The highest BCUT2D eigenvalue weighted by Crippen LogP contribution is 2.11. The van der Waals surface area contributed by atoms with Gasteiger partial charge in [0.05, 0.1) is 6.21 Å². The number of nitrogens with zero attached hydrogens (tertiary/aromatic N) is 1. The van der Waals surface area contributed by atoms with Crippen molar-refractivity contribution in [3.8, 4) is 0 Å². The number of furan rings is 1. The molecular formula is C12H16BrN3O4. The van der Waals surface area contributed by atoms with Crippen LogP contribution in [0, 0.1) is 0 Å². The maximum atomic E-state index is 11.4. The van der Waals surface area contributed by atoms with Crippen LogP contribution in [0.2, 0.25) is 0 Å². The fraction of sp³-hybridized carbons (Fsp3) is 0.417. The van der Waals surface area contributed by atoms with Crippen LogP contribution in [0.5, 0.6) is 0 Å². The highest BCUT2D eigenvalue weighted by molar-refractivity contribution is 9.10. The van der Waals surface area contributed by atoms with Crippen molar-refractivity contribution in [2.24, 2.45) is 5.10 Å². The number of hydrogen-bond acceptors (Lipinski definition) is 5. The predicted molar refractivity (Wildman–Crippen MR) is 75.2 cm³/mol. The van der Waals surface area contributed by atoms with Crippen LogP contribution < -0.4 is 10.9 Å². The molecule has 8 heteroatoms. The van der Waals surface area contributed by atoms with E-state index in [1.165, 1.54) is 6.21 Å². The quantitative estimate of drug-likeness (QED) is 0.290. The standard InChI is InChI=1S/C12H16BrN3O4/c13-10-7-6-9(20-10)8-14-15-11(17)4-2-1-3-5-12(18)16-19/h6-8,19H,1-5H2,(H,15,17)(H,16,18)/b14-8+. The number of carbonyl (C=O) groups is 2. The molecule has 2 amide bonds.